The second-order valence-electron chi connectivity index (χ2n) is 4.57. The smallest absolute Gasteiger partial charge is 0.343 e. The van der Waals surface area contributed by atoms with Gasteiger partial charge in [0, 0.05) is 12.3 Å². The summed E-state index contributed by atoms with van der Waals surface area (Å²) in [4.78, 5) is 11.6. The Morgan fingerprint density at radius 1 is 1.52 bits per heavy atom. The summed E-state index contributed by atoms with van der Waals surface area (Å²) < 4.78 is 6.73. The van der Waals surface area contributed by atoms with Gasteiger partial charge in [0.1, 0.15) is 5.75 Å². The maximum atomic E-state index is 11.6. The Morgan fingerprint density at radius 3 is 3.05 bits per heavy atom. The summed E-state index contributed by atoms with van der Waals surface area (Å²) in [5.74, 6) is 1.13. The van der Waals surface area contributed by atoms with Gasteiger partial charge in [-0.2, -0.15) is 0 Å². The van der Waals surface area contributed by atoms with Crippen molar-refractivity contribution >= 4 is 11.8 Å². The molecule has 0 amide bonds. The minimum Gasteiger partial charge on any atom is -0.497 e. The number of methoxy groups -OCH3 is 1. The zero-order valence-corrected chi connectivity index (χ0v) is 12.9. The maximum Gasteiger partial charge on any atom is 0.343 e. The number of thioether (sulfide) groups is 1. The molecule has 2 rings (SSSR count). The van der Waals surface area contributed by atoms with Gasteiger partial charge < -0.3 is 9.84 Å². The minimum absolute atomic E-state index is 0.213. The number of aromatic amines is 1. The van der Waals surface area contributed by atoms with Crippen LogP contribution in [0.3, 0.4) is 0 Å². The SMILES string of the molecule is CCCn1c(SCC(O)c2cccc(OC)c2)n[nH]c1=O. The van der Waals surface area contributed by atoms with Gasteiger partial charge in [-0.3, -0.25) is 4.57 Å². The van der Waals surface area contributed by atoms with Crippen LogP contribution in [0.25, 0.3) is 0 Å². The van der Waals surface area contributed by atoms with E-state index in [0.29, 0.717) is 23.2 Å². The first kappa shape index (κ1) is 15.7. The first-order valence-corrected chi connectivity index (χ1v) is 7.74. The van der Waals surface area contributed by atoms with Gasteiger partial charge in [0.15, 0.2) is 5.16 Å². The van der Waals surface area contributed by atoms with Crippen LogP contribution < -0.4 is 10.4 Å². The number of nitrogens with zero attached hydrogens (tertiary/aromatic N) is 2. The summed E-state index contributed by atoms with van der Waals surface area (Å²) in [6.07, 6.45) is 0.206. The van der Waals surface area contributed by atoms with Crippen molar-refractivity contribution in [3.05, 3.63) is 40.3 Å². The third-order valence-corrected chi connectivity index (χ3v) is 4.07. The molecule has 114 valence electrons. The van der Waals surface area contributed by atoms with Crippen LogP contribution in [0.5, 0.6) is 5.75 Å². The van der Waals surface area contributed by atoms with E-state index in [-0.39, 0.29) is 5.69 Å². The van der Waals surface area contributed by atoms with Crippen molar-refractivity contribution in [1.29, 1.82) is 0 Å². The summed E-state index contributed by atoms with van der Waals surface area (Å²) in [5, 5.41) is 17.3. The molecule has 1 aromatic heterocycles. The van der Waals surface area contributed by atoms with Gasteiger partial charge in [-0.05, 0) is 24.1 Å². The van der Waals surface area contributed by atoms with Crippen molar-refractivity contribution in [2.24, 2.45) is 0 Å². The predicted octanol–water partition coefficient (Wildman–Crippen LogP) is 1.82. The molecular formula is C14H19N3O3S. The molecule has 0 saturated carbocycles. The second kappa shape index (κ2) is 7.33. The number of aliphatic hydroxyl groups excluding tert-OH is 1. The molecule has 1 aromatic carbocycles. The normalized spacial score (nSPS) is 12.3. The first-order chi connectivity index (χ1) is 10.2. The third kappa shape index (κ3) is 3.89. The predicted molar refractivity (Wildman–Crippen MR) is 81.8 cm³/mol. The largest absolute Gasteiger partial charge is 0.497 e. The topological polar surface area (TPSA) is 80.1 Å². The van der Waals surface area contributed by atoms with Crippen molar-refractivity contribution in [2.45, 2.75) is 31.1 Å². The number of rotatable bonds is 7. The van der Waals surface area contributed by atoms with E-state index < -0.39 is 6.10 Å². The van der Waals surface area contributed by atoms with Gasteiger partial charge in [0.2, 0.25) is 0 Å². The molecule has 0 aliphatic rings. The highest BCUT2D eigenvalue weighted by atomic mass is 32.2. The van der Waals surface area contributed by atoms with E-state index in [1.807, 2.05) is 25.1 Å². The Balaban J connectivity index is 2.03. The molecule has 1 heterocycles. The number of H-pyrrole nitrogens is 1. The zero-order chi connectivity index (χ0) is 15.2. The lowest BCUT2D eigenvalue weighted by Gasteiger charge is -2.11. The van der Waals surface area contributed by atoms with Crippen molar-refractivity contribution in [1.82, 2.24) is 14.8 Å². The van der Waals surface area contributed by atoms with E-state index in [1.165, 1.54) is 11.8 Å². The highest BCUT2D eigenvalue weighted by molar-refractivity contribution is 7.99. The zero-order valence-electron chi connectivity index (χ0n) is 12.1. The first-order valence-electron chi connectivity index (χ1n) is 6.75. The second-order valence-corrected chi connectivity index (χ2v) is 5.55. The summed E-state index contributed by atoms with van der Waals surface area (Å²) in [5.41, 5.74) is 0.567. The fourth-order valence-electron chi connectivity index (χ4n) is 1.93. The number of hydrogen-bond acceptors (Lipinski definition) is 5. The van der Waals surface area contributed by atoms with E-state index in [0.717, 1.165) is 12.0 Å². The van der Waals surface area contributed by atoms with Gasteiger partial charge in [-0.1, -0.05) is 30.8 Å². The fourth-order valence-corrected chi connectivity index (χ4v) is 2.87. The van der Waals surface area contributed by atoms with Crippen LogP contribution in [-0.2, 0) is 6.54 Å². The lowest BCUT2D eigenvalue weighted by molar-refractivity contribution is 0.203. The molecular weight excluding hydrogens is 290 g/mol. The van der Waals surface area contributed by atoms with E-state index in [2.05, 4.69) is 10.2 Å². The molecule has 21 heavy (non-hydrogen) atoms. The standard InChI is InChI=1S/C14H19N3O3S/c1-3-7-17-13(19)15-16-14(17)21-9-12(18)10-5-4-6-11(8-10)20-2/h4-6,8,12,18H,3,7,9H2,1-2H3,(H,15,19). The number of nitrogens with one attached hydrogen (secondary N) is 1. The van der Waals surface area contributed by atoms with Gasteiger partial charge in [-0.25, -0.2) is 9.89 Å². The van der Waals surface area contributed by atoms with Crippen molar-refractivity contribution in [2.75, 3.05) is 12.9 Å². The molecule has 0 aliphatic carbocycles. The summed E-state index contributed by atoms with van der Waals surface area (Å²) in [7, 11) is 1.59. The molecule has 0 bridgehead atoms. The Bertz CT molecular complexity index is 638. The average molecular weight is 309 g/mol. The van der Waals surface area contributed by atoms with E-state index in [9.17, 15) is 9.90 Å². The molecule has 0 aliphatic heterocycles. The maximum absolute atomic E-state index is 11.6. The molecule has 0 fully saturated rings. The van der Waals surface area contributed by atoms with Crippen LogP contribution in [0.15, 0.2) is 34.2 Å². The molecule has 0 radical (unpaired) electrons. The van der Waals surface area contributed by atoms with Crippen LogP contribution in [0.2, 0.25) is 0 Å². The van der Waals surface area contributed by atoms with Gasteiger partial charge in [0.25, 0.3) is 0 Å². The molecule has 0 saturated heterocycles. The Labute approximate surface area is 127 Å². The Hall–Kier alpha value is -1.73. The van der Waals surface area contributed by atoms with Gasteiger partial charge in [0.05, 0.1) is 13.2 Å². The lowest BCUT2D eigenvalue weighted by atomic mass is 10.1. The summed E-state index contributed by atoms with van der Waals surface area (Å²) >= 11 is 1.35. The molecule has 2 aromatic rings. The van der Waals surface area contributed by atoms with E-state index in [1.54, 1.807) is 17.7 Å². The van der Waals surface area contributed by atoms with Crippen molar-refractivity contribution in [3.8, 4) is 5.75 Å². The average Bonchev–Trinajstić information content (AvgIpc) is 2.86. The quantitative estimate of drug-likeness (QED) is 0.763. The number of hydrogen-bond donors (Lipinski definition) is 2. The molecule has 0 spiro atoms. The number of aromatic nitrogens is 3. The minimum atomic E-state index is -0.646. The highest BCUT2D eigenvalue weighted by Gasteiger charge is 2.13. The van der Waals surface area contributed by atoms with Gasteiger partial charge >= 0.3 is 5.69 Å². The Morgan fingerprint density at radius 2 is 2.33 bits per heavy atom. The summed E-state index contributed by atoms with van der Waals surface area (Å²) in [6.45, 7) is 2.62. The van der Waals surface area contributed by atoms with Crippen LogP contribution in [-0.4, -0.2) is 32.7 Å². The monoisotopic (exact) mass is 309 g/mol. The van der Waals surface area contributed by atoms with Crippen LogP contribution in [0.1, 0.15) is 25.0 Å². The number of benzene rings is 1. The highest BCUT2D eigenvalue weighted by Crippen LogP contribution is 2.25. The third-order valence-electron chi connectivity index (χ3n) is 3.02. The van der Waals surface area contributed by atoms with Crippen LogP contribution in [0.4, 0.5) is 0 Å². The fraction of sp³-hybridized carbons (Fsp3) is 0.429. The van der Waals surface area contributed by atoms with Crippen molar-refractivity contribution < 1.29 is 9.84 Å². The Kier molecular flexibility index (Phi) is 5.46. The number of aliphatic hydroxyl groups is 1. The molecule has 1 unspecified atom stereocenters. The molecule has 6 nitrogen and oxygen atoms in total. The van der Waals surface area contributed by atoms with Crippen LogP contribution >= 0.6 is 11.8 Å². The lowest BCUT2D eigenvalue weighted by Crippen LogP contribution is -2.17. The van der Waals surface area contributed by atoms with Crippen LogP contribution in [0, 0.1) is 0 Å². The number of ether oxygens (including phenoxy) is 1. The van der Waals surface area contributed by atoms with Gasteiger partial charge in [-0.15, -0.1) is 5.10 Å². The van der Waals surface area contributed by atoms with E-state index >= 15 is 0 Å². The summed E-state index contributed by atoms with van der Waals surface area (Å²) in [6, 6.07) is 7.31. The van der Waals surface area contributed by atoms with E-state index in [4.69, 9.17) is 4.74 Å². The van der Waals surface area contributed by atoms with Crippen molar-refractivity contribution in [3.63, 3.8) is 0 Å². The molecule has 1 atom stereocenters. The molecule has 7 heteroatoms. The molecule has 2 N–H and O–H groups in total.